The lowest BCUT2D eigenvalue weighted by Gasteiger charge is -2.28. The third kappa shape index (κ3) is 3.71. The van der Waals surface area contributed by atoms with E-state index in [0.717, 1.165) is 32.5 Å². The van der Waals surface area contributed by atoms with Gasteiger partial charge in [0, 0.05) is 49.1 Å². The van der Waals surface area contributed by atoms with Crippen molar-refractivity contribution in [2.45, 2.75) is 52.0 Å². The molecule has 0 spiro atoms. The SMILES string of the molecule is CCn1cc(C(CC(=O)N2CCCCC2)c2cccc(C)c2)c2ccccc21. The molecule has 1 atom stereocenters. The Bertz CT molecular complexity index is 966. The van der Waals surface area contributed by atoms with Gasteiger partial charge in [-0.2, -0.15) is 0 Å². The Kier molecular flexibility index (Phi) is 5.52. The maximum Gasteiger partial charge on any atom is 0.223 e. The first-order valence-corrected chi connectivity index (χ1v) is 10.6. The van der Waals surface area contributed by atoms with Gasteiger partial charge in [-0.1, -0.05) is 48.0 Å². The summed E-state index contributed by atoms with van der Waals surface area (Å²) in [5.74, 6) is 0.381. The summed E-state index contributed by atoms with van der Waals surface area (Å²) in [6.07, 6.45) is 6.32. The molecule has 1 unspecified atom stereocenters. The normalized spacial score (nSPS) is 15.7. The first kappa shape index (κ1) is 18.8. The third-order valence-electron chi connectivity index (χ3n) is 6.07. The van der Waals surface area contributed by atoms with E-state index < -0.39 is 0 Å². The van der Waals surface area contributed by atoms with Crippen LogP contribution in [0.25, 0.3) is 10.9 Å². The van der Waals surface area contributed by atoms with Crippen LogP contribution in [0.5, 0.6) is 0 Å². The van der Waals surface area contributed by atoms with Gasteiger partial charge in [0.1, 0.15) is 0 Å². The smallest absolute Gasteiger partial charge is 0.223 e. The predicted octanol–water partition coefficient (Wildman–Crippen LogP) is 5.50. The van der Waals surface area contributed by atoms with Crippen LogP contribution in [-0.4, -0.2) is 28.5 Å². The Labute approximate surface area is 168 Å². The van der Waals surface area contributed by atoms with Gasteiger partial charge in [0.05, 0.1) is 0 Å². The molecule has 0 saturated carbocycles. The molecule has 1 amide bonds. The Hall–Kier alpha value is -2.55. The monoisotopic (exact) mass is 374 g/mol. The Morgan fingerprint density at radius 3 is 2.57 bits per heavy atom. The van der Waals surface area contributed by atoms with E-state index in [-0.39, 0.29) is 5.92 Å². The number of likely N-dealkylation sites (tertiary alicyclic amines) is 1. The Morgan fingerprint density at radius 1 is 1.04 bits per heavy atom. The van der Waals surface area contributed by atoms with E-state index in [2.05, 4.69) is 78.0 Å². The van der Waals surface area contributed by atoms with E-state index >= 15 is 0 Å². The number of benzene rings is 2. The number of nitrogens with zero attached hydrogens (tertiary/aromatic N) is 2. The molecule has 0 radical (unpaired) electrons. The van der Waals surface area contributed by atoms with Crippen molar-refractivity contribution in [2.24, 2.45) is 0 Å². The lowest BCUT2D eigenvalue weighted by molar-refractivity contribution is -0.132. The molecule has 4 rings (SSSR count). The van der Waals surface area contributed by atoms with Gasteiger partial charge in [0.25, 0.3) is 0 Å². The quantitative estimate of drug-likeness (QED) is 0.578. The van der Waals surface area contributed by atoms with Gasteiger partial charge in [0.15, 0.2) is 0 Å². The molecule has 2 aromatic carbocycles. The number of fused-ring (bicyclic) bond motifs is 1. The van der Waals surface area contributed by atoms with Crippen LogP contribution in [0, 0.1) is 6.92 Å². The highest BCUT2D eigenvalue weighted by molar-refractivity contribution is 5.86. The summed E-state index contributed by atoms with van der Waals surface area (Å²) in [6, 6.07) is 17.2. The molecule has 2 heterocycles. The second-order valence-electron chi connectivity index (χ2n) is 8.00. The summed E-state index contributed by atoms with van der Waals surface area (Å²) in [5.41, 5.74) is 5.01. The summed E-state index contributed by atoms with van der Waals surface area (Å²) in [5, 5.41) is 1.27. The summed E-state index contributed by atoms with van der Waals surface area (Å²) in [7, 11) is 0. The minimum atomic E-state index is 0.0898. The van der Waals surface area contributed by atoms with Crippen molar-refractivity contribution in [3.63, 3.8) is 0 Å². The van der Waals surface area contributed by atoms with Gasteiger partial charge < -0.3 is 9.47 Å². The number of amides is 1. The molecule has 1 fully saturated rings. The molecule has 3 heteroatoms. The van der Waals surface area contributed by atoms with Crippen molar-refractivity contribution >= 4 is 16.8 Å². The molecule has 1 saturated heterocycles. The number of aromatic nitrogens is 1. The third-order valence-corrected chi connectivity index (χ3v) is 6.07. The van der Waals surface area contributed by atoms with Crippen LogP contribution >= 0.6 is 0 Å². The topological polar surface area (TPSA) is 25.2 Å². The van der Waals surface area contributed by atoms with Crippen LogP contribution in [0.3, 0.4) is 0 Å². The van der Waals surface area contributed by atoms with E-state index in [0.29, 0.717) is 12.3 Å². The molecule has 3 aromatic rings. The molecular weight excluding hydrogens is 344 g/mol. The maximum absolute atomic E-state index is 13.2. The van der Waals surface area contributed by atoms with Gasteiger partial charge in [-0.3, -0.25) is 4.79 Å². The second-order valence-corrected chi connectivity index (χ2v) is 8.00. The molecule has 0 bridgehead atoms. The van der Waals surface area contributed by atoms with Gasteiger partial charge in [0.2, 0.25) is 5.91 Å². The zero-order valence-corrected chi connectivity index (χ0v) is 17.0. The summed E-state index contributed by atoms with van der Waals surface area (Å²) < 4.78 is 2.30. The average Bonchev–Trinajstić information content (AvgIpc) is 3.11. The molecule has 1 aliphatic heterocycles. The van der Waals surface area contributed by atoms with E-state index in [1.807, 2.05) is 0 Å². The molecule has 0 N–H and O–H groups in total. The van der Waals surface area contributed by atoms with Crippen LogP contribution in [0.15, 0.2) is 54.7 Å². The Morgan fingerprint density at radius 2 is 1.82 bits per heavy atom. The van der Waals surface area contributed by atoms with Crippen molar-refractivity contribution in [1.29, 1.82) is 0 Å². The van der Waals surface area contributed by atoms with Crippen LogP contribution in [-0.2, 0) is 11.3 Å². The van der Waals surface area contributed by atoms with Crippen LogP contribution in [0.4, 0.5) is 0 Å². The molecule has 1 aromatic heterocycles. The van der Waals surface area contributed by atoms with Crippen LogP contribution < -0.4 is 0 Å². The number of hydrogen-bond acceptors (Lipinski definition) is 1. The summed E-state index contributed by atoms with van der Waals surface area (Å²) in [4.78, 5) is 15.2. The minimum Gasteiger partial charge on any atom is -0.347 e. The molecule has 0 aliphatic carbocycles. The van der Waals surface area contributed by atoms with Crippen molar-refractivity contribution in [3.05, 3.63) is 71.4 Å². The standard InChI is InChI=1S/C25H30N2O/c1-3-26-18-23(21-12-5-6-13-24(21)26)22(20-11-9-10-19(2)16-20)17-25(28)27-14-7-4-8-15-27/h5-6,9-13,16,18,22H,3-4,7-8,14-15,17H2,1-2H3. The fourth-order valence-corrected chi connectivity index (χ4v) is 4.56. The molecule has 3 nitrogen and oxygen atoms in total. The van der Waals surface area contributed by atoms with Gasteiger partial charge in [-0.05, 0) is 50.3 Å². The fourth-order valence-electron chi connectivity index (χ4n) is 4.56. The number of piperidine rings is 1. The molecule has 28 heavy (non-hydrogen) atoms. The first-order valence-electron chi connectivity index (χ1n) is 10.6. The summed E-state index contributed by atoms with van der Waals surface area (Å²) in [6.45, 7) is 7.06. The van der Waals surface area contributed by atoms with E-state index in [1.165, 1.54) is 34.0 Å². The Balaban J connectivity index is 1.76. The molecule has 146 valence electrons. The number of hydrogen-bond donors (Lipinski definition) is 0. The number of carbonyl (C=O) groups excluding carboxylic acids is 1. The minimum absolute atomic E-state index is 0.0898. The number of aryl methyl sites for hydroxylation is 2. The van der Waals surface area contributed by atoms with E-state index in [1.54, 1.807) is 0 Å². The lowest BCUT2D eigenvalue weighted by atomic mass is 9.87. The highest BCUT2D eigenvalue weighted by atomic mass is 16.2. The first-order chi connectivity index (χ1) is 13.7. The van der Waals surface area contributed by atoms with Crippen molar-refractivity contribution < 1.29 is 4.79 Å². The number of para-hydroxylation sites is 1. The van der Waals surface area contributed by atoms with Crippen molar-refractivity contribution in [2.75, 3.05) is 13.1 Å². The van der Waals surface area contributed by atoms with Crippen LogP contribution in [0.1, 0.15) is 55.2 Å². The van der Waals surface area contributed by atoms with E-state index in [9.17, 15) is 4.79 Å². The van der Waals surface area contributed by atoms with Gasteiger partial charge >= 0.3 is 0 Å². The number of carbonyl (C=O) groups is 1. The fraction of sp³-hybridized carbons (Fsp3) is 0.400. The zero-order chi connectivity index (χ0) is 19.5. The predicted molar refractivity (Wildman–Crippen MR) is 116 cm³/mol. The molecule has 1 aliphatic rings. The number of rotatable bonds is 5. The lowest BCUT2D eigenvalue weighted by Crippen LogP contribution is -2.36. The second kappa shape index (κ2) is 8.22. The van der Waals surface area contributed by atoms with Gasteiger partial charge in [-0.15, -0.1) is 0 Å². The molecular formula is C25H30N2O. The zero-order valence-electron chi connectivity index (χ0n) is 17.0. The van der Waals surface area contributed by atoms with E-state index in [4.69, 9.17) is 0 Å². The van der Waals surface area contributed by atoms with Gasteiger partial charge in [-0.25, -0.2) is 0 Å². The largest absolute Gasteiger partial charge is 0.347 e. The maximum atomic E-state index is 13.2. The van der Waals surface area contributed by atoms with Crippen molar-refractivity contribution in [1.82, 2.24) is 9.47 Å². The van der Waals surface area contributed by atoms with Crippen molar-refractivity contribution in [3.8, 4) is 0 Å². The average molecular weight is 375 g/mol. The highest BCUT2D eigenvalue weighted by Crippen LogP contribution is 2.35. The van der Waals surface area contributed by atoms with Crippen LogP contribution in [0.2, 0.25) is 0 Å². The highest BCUT2D eigenvalue weighted by Gasteiger charge is 2.26. The summed E-state index contributed by atoms with van der Waals surface area (Å²) >= 11 is 0.